The van der Waals surface area contributed by atoms with Crippen LogP contribution in [0.5, 0.6) is 0 Å². The van der Waals surface area contributed by atoms with Crippen molar-refractivity contribution in [3.05, 3.63) is 35.1 Å². The molecule has 2 heterocycles. The van der Waals surface area contributed by atoms with Gasteiger partial charge in [0.05, 0.1) is 10.7 Å². The molecule has 86 valence electrons. The maximum absolute atomic E-state index is 13.1. The number of fused-ring (bicyclic) bond motifs is 1. The molecule has 0 amide bonds. The summed E-state index contributed by atoms with van der Waals surface area (Å²) >= 11 is 1.45. The van der Waals surface area contributed by atoms with Crippen LogP contribution in [0.4, 0.5) is 9.39 Å². The van der Waals surface area contributed by atoms with E-state index in [9.17, 15) is 4.39 Å². The van der Waals surface area contributed by atoms with Crippen molar-refractivity contribution >= 4 is 27.2 Å². The summed E-state index contributed by atoms with van der Waals surface area (Å²) < 4.78 is 13.1. The molecule has 5 heteroatoms. The van der Waals surface area contributed by atoms with E-state index in [4.69, 9.17) is 5.73 Å². The molecular weight excluding hydrogens is 237 g/mol. The number of benzene rings is 1. The molecule has 3 nitrogen and oxygen atoms in total. The third-order valence-electron chi connectivity index (χ3n) is 2.60. The molecule has 0 spiro atoms. The first-order valence-electron chi connectivity index (χ1n) is 5.15. The van der Waals surface area contributed by atoms with E-state index >= 15 is 0 Å². The quantitative estimate of drug-likeness (QED) is 0.693. The zero-order valence-corrected chi connectivity index (χ0v) is 9.94. The molecule has 0 saturated heterocycles. The molecule has 0 unspecified atom stereocenters. The fourth-order valence-corrected chi connectivity index (χ4v) is 2.57. The van der Waals surface area contributed by atoms with Crippen LogP contribution in [0.25, 0.3) is 22.3 Å². The first kappa shape index (κ1) is 10.3. The molecule has 3 rings (SSSR count). The Morgan fingerprint density at radius 3 is 2.88 bits per heavy atom. The van der Waals surface area contributed by atoms with Gasteiger partial charge in [0, 0.05) is 10.9 Å². The van der Waals surface area contributed by atoms with Gasteiger partial charge in [-0.15, -0.1) is 11.3 Å². The molecule has 0 bridgehead atoms. The Morgan fingerprint density at radius 1 is 1.35 bits per heavy atom. The fourth-order valence-electron chi connectivity index (χ4n) is 1.86. The molecule has 0 atom stereocenters. The van der Waals surface area contributed by atoms with Gasteiger partial charge in [-0.3, -0.25) is 0 Å². The molecule has 0 aliphatic rings. The maximum Gasteiger partial charge on any atom is 0.125 e. The number of H-pyrrole nitrogens is 1. The van der Waals surface area contributed by atoms with Gasteiger partial charge in [0.1, 0.15) is 16.5 Å². The van der Waals surface area contributed by atoms with Crippen molar-refractivity contribution in [2.45, 2.75) is 6.92 Å². The highest BCUT2D eigenvalue weighted by molar-refractivity contribution is 7.16. The number of nitrogen functional groups attached to an aromatic ring is 1. The predicted molar refractivity (Wildman–Crippen MR) is 68.5 cm³/mol. The second-order valence-corrected chi connectivity index (χ2v) is 5.10. The lowest BCUT2D eigenvalue weighted by molar-refractivity contribution is 0.629. The number of rotatable bonds is 1. The normalized spacial score (nSPS) is 11.2. The standard InChI is InChI=1S/C12H10FN3S/c1-6-15-11(12(14)17-6)10-4-7-2-3-8(13)5-9(7)16-10/h2-5,16H,14H2,1H3. The largest absolute Gasteiger partial charge is 0.389 e. The van der Waals surface area contributed by atoms with E-state index in [-0.39, 0.29) is 5.82 Å². The SMILES string of the molecule is Cc1nc(-c2cc3ccc(F)cc3[nH]2)c(N)s1. The molecule has 0 fully saturated rings. The lowest BCUT2D eigenvalue weighted by atomic mass is 10.2. The van der Waals surface area contributed by atoms with Crippen LogP contribution >= 0.6 is 11.3 Å². The number of aromatic amines is 1. The van der Waals surface area contributed by atoms with Crippen molar-refractivity contribution in [3.63, 3.8) is 0 Å². The highest BCUT2D eigenvalue weighted by Gasteiger charge is 2.11. The summed E-state index contributed by atoms with van der Waals surface area (Å²) in [6.07, 6.45) is 0. The third-order valence-corrected chi connectivity index (χ3v) is 3.40. The summed E-state index contributed by atoms with van der Waals surface area (Å²) in [7, 11) is 0. The number of aromatic nitrogens is 2. The average Bonchev–Trinajstić information content (AvgIpc) is 2.80. The fraction of sp³-hybridized carbons (Fsp3) is 0.0833. The number of aryl methyl sites for hydroxylation is 1. The van der Waals surface area contributed by atoms with E-state index in [0.29, 0.717) is 5.00 Å². The van der Waals surface area contributed by atoms with Gasteiger partial charge >= 0.3 is 0 Å². The van der Waals surface area contributed by atoms with Crippen LogP contribution < -0.4 is 5.73 Å². The Hall–Kier alpha value is -1.88. The smallest absolute Gasteiger partial charge is 0.125 e. The summed E-state index contributed by atoms with van der Waals surface area (Å²) in [5, 5.41) is 2.54. The summed E-state index contributed by atoms with van der Waals surface area (Å²) in [5.74, 6) is -0.256. The van der Waals surface area contributed by atoms with Crippen LogP contribution in [0.15, 0.2) is 24.3 Å². The molecule has 17 heavy (non-hydrogen) atoms. The first-order valence-corrected chi connectivity index (χ1v) is 5.96. The Bertz CT molecular complexity index is 699. The number of anilines is 1. The number of hydrogen-bond donors (Lipinski definition) is 2. The summed E-state index contributed by atoms with van der Waals surface area (Å²) in [6.45, 7) is 1.91. The molecule has 3 N–H and O–H groups in total. The van der Waals surface area contributed by atoms with E-state index < -0.39 is 0 Å². The molecule has 0 saturated carbocycles. The zero-order valence-electron chi connectivity index (χ0n) is 9.12. The van der Waals surface area contributed by atoms with E-state index in [1.807, 2.05) is 13.0 Å². The second kappa shape index (κ2) is 3.56. The molecule has 0 aliphatic heterocycles. The zero-order chi connectivity index (χ0) is 12.0. The van der Waals surface area contributed by atoms with Crippen molar-refractivity contribution < 1.29 is 4.39 Å². The lowest BCUT2D eigenvalue weighted by Crippen LogP contribution is -1.85. The summed E-state index contributed by atoms with van der Waals surface area (Å²) in [4.78, 5) is 7.50. The Balaban J connectivity index is 2.21. The minimum atomic E-state index is -0.256. The number of halogens is 1. The third kappa shape index (κ3) is 1.68. The van der Waals surface area contributed by atoms with Gasteiger partial charge in [-0.05, 0) is 31.2 Å². The van der Waals surface area contributed by atoms with Crippen LogP contribution in [-0.2, 0) is 0 Å². The highest BCUT2D eigenvalue weighted by Crippen LogP contribution is 2.31. The van der Waals surface area contributed by atoms with Crippen LogP contribution in [0.1, 0.15) is 5.01 Å². The van der Waals surface area contributed by atoms with Crippen molar-refractivity contribution in [3.8, 4) is 11.4 Å². The van der Waals surface area contributed by atoms with Crippen molar-refractivity contribution in [1.82, 2.24) is 9.97 Å². The predicted octanol–water partition coefficient (Wildman–Crippen LogP) is 3.32. The van der Waals surface area contributed by atoms with Crippen LogP contribution in [0.3, 0.4) is 0 Å². The second-order valence-electron chi connectivity index (χ2n) is 3.86. The molecular formula is C12H10FN3S. The molecule has 0 radical (unpaired) electrons. The Labute approximate surface area is 101 Å². The van der Waals surface area contributed by atoms with Crippen molar-refractivity contribution in [2.24, 2.45) is 0 Å². The van der Waals surface area contributed by atoms with E-state index in [1.165, 1.54) is 23.5 Å². The number of nitrogens with two attached hydrogens (primary N) is 1. The van der Waals surface area contributed by atoms with E-state index in [2.05, 4.69) is 9.97 Å². The molecule has 0 aliphatic carbocycles. The van der Waals surface area contributed by atoms with Gasteiger partial charge in [-0.1, -0.05) is 0 Å². The summed E-state index contributed by atoms with van der Waals surface area (Å²) in [5.41, 5.74) is 8.21. The lowest BCUT2D eigenvalue weighted by Gasteiger charge is -1.92. The van der Waals surface area contributed by atoms with Crippen LogP contribution in [0, 0.1) is 12.7 Å². The van der Waals surface area contributed by atoms with Gasteiger partial charge in [0.15, 0.2) is 0 Å². The highest BCUT2D eigenvalue weighted by atomic mass is 32.1. The molecule has 2 aromatic heterocycles. The Kier molecular flexibility index (Phi) is 2.16. The number of nitrogens with one attached hydrogen (secondary N) is 1. The van der Waals surface area contributed by atoms with E-state index in [0.717, 1.165) is 27.3 Å². The average molecular weight is 247 g/mol. The summed E-state index contributed by atoms with van der Waals surface area (Å²) in [6, 6.07) is 6.57. The minimum absolute atomic E-state index is 0.256. The van der Waals surface area contributed by atoms with Crippen LogP contribution in [0.2, 0.25) is 0 Å². The van der Waals surface area contributed by atoms with Gasteiger partial charge in [0.2, 0.25) is 0 Å². The topological polar surface area (TPSA) is 54.7 Å². The van der Waals surface area contributed by atoms with E-state index in [1.54, 1.807) is 6.07 Å². The minimum Gasteiger partial charge on any atom is -0.389 e. The van der Waals surface area contributed by atoms with Crippen molar-refractivity contribution in [1.29, 1.82) is 0 Å². The molecule has 1 aromatic carbocycles. The van der Waals surface area contributed by atoms with Crippen LogP contribution in [-0.4, -0.2) is 9.97 Å². The maximum atomic E-state index is 13.1. The number of thiazole rings is 1. The van der Waals surface area contributed by atoms with Gasteiger partial charge in [0.25, 0.3) is 0 Å². The number of hydrogen-bond acceptors (Lipinski definition) is 3. The monoisotopic (exact) mass is 247 g/mol. The first-order chi connectivity index (χ1) is 8.13. The Morgan fingerprint density at radius 2 is 2.18 bits per heavy atom. The van der Waals surface area contributed by atoms with Gasteiger partial charge < -0.3 is 10.7 Å². The number of nitrogens with zero attached hydrogens (tertiary/aromatic N) is 1. The van der Waals surface area contributed by atoms with Crippen molar-refractivity contribution in [2.75, 3.05) is 5.73 Å². The van der Waals surface area contributed by atoms with Gasteiger partial charge in [-0.2, -0.15) is 0 Å². The molecule has 3 aromatic rings. The van der Waals surface area contributed by atoms with Gasteiger partial charge in [-0.25, -0.2) is 9.37 Å².